The van der Waals surface area contributed by atoms with Crippen molar-refractivity contribution in [3.05, 3.63) is 36.3 Å². The summed E-state index contributed by atoms with van der Waals surface area (Å²) in [7, 11) is 1.56. The van der Waals surface area contributed by atoms with Crippen molar-refractivity contribution in [2.24, 2.45) is 0 Å². The van der Waals surface area contributed by atoms with Crippen LogP contribution in [0.1, 0.15) is 10.4 Å². The second-order valence-corrected chi connectivity index (χ2v) is 2.86. The Morgan fingerprint density at radius 2 is 2.40 bits per heavy atom. The molecular weight excluding hydrogens is 194 g/mol. The Morgan fingerprint density at radius 3 is 3.07 bits per heavy atom. The van der Waals surface area contributed by atoms with Crippen molar-refractivity contribution >= 4 is 6.29 Å². The van der Waals surface area contributed by atoms with Crippen LogP contribution in [0.15, 0.2) is 30.7 Å². The number of ether oxygens (including phenoxy) is 1. The Balaban J connectivity index is 2.48. The van der Waals surface area contributed by atoms with Gasteiger partial charge in [0, 0.05) is 6.20 Å². The first-order valence-electron chi connectivity index (χ1n) is 4.34. The van der Waals surface area contributed by atoms with E-state index < -0.39 is 0 Å². The van der Waals surface area contributed by atoms with E-state index in [-0.39, 0.29) is 0 Å². The van der Waals surface area contributed by atoms with Gasteiger partial charge in [0.05, 0.1) is 25.1 Å². The summed E-state index contributed by atoms with van der Waals surface area (Å²) < 4.78 is 6.49. The lowest BCUT2D eigenvalue weighted by Crippen LogP contribution is -2.01. The second kappa shape index (κ2) is 3.91. The van der Waals surface area contributed by atoms with Gasteiger partial charge in [0.1, 0.15) is 0 Å². The van der Waals surface area contributed by atoms with Crippen molar-refractivity contribution in [1.82, 2.24) is 14.8 Å². The minimum absolute atomic E-state index is 0.489. The number of rotatable bonds is 3. The Morgan fingerprint density at radius 1 is 1.53 bits per heavy atom. The van der Waals surface area contributed by atoms with E-state index in [1.54, 1.807) is 37.8 Å². The number of methoxy groups -OCH3 is 1. The van der Waals surface area contributed by atoms with Gasteiger partial charge in [0.2, 0.25) is 0 Å². The summed E-state index contributed by atoms with van der Waals surface area (Å²) in [6, 6.07) is 3.39. The van der Waals surface area contributed by atoms with Gasteiger partial charge in [-0.25, -0.2) is 9.67 Å². The fraction of sp³-hybridized carbons (Fsp3) is 0.100. The van der Waals surface area contributed by atoms with Crippen molar-refractivity contribution in [3.8, 4) is 11.6 Å². The lowest BCUT2D eigenvalue weighted by atomic mass is 10.3. The molecule has 15 heavy (non-hydrogen) atoms. The maximum absolute atomic E-state index is 10.8. The van der Waals surface area contributed by atoms with Crippen LogP contribution in [-0.4, -0.2) is 28.2 Å². The van der Waals surface area contributed by atoms with Crippen LogP contribution in [0, 0.1) is 0 Å². The lowest BCUT2D eigenvalue weighted by molar-refractivity contribution is 0.112. The third kappa shape index (κ3) is 1.71. The van der Waals surface area contributed by atoms with Crippen molar-refractivity contribution in [2.45, 2.75) is 0 Å². The molecule has 0 aliphatic carbocycles. The quantitative estimate of drug-likeness (QED) is 0.700. The van der Waals surface area contributed by atoms with Crippen molar-refractivity contribution in [3.63, 3.8) is 0 Å². The normalized spacial score (nSPS) is 9.93. The first kappa shape index (κ1) is 9.39. The van der Waals surface area contributed by atoms with Gasteiger partial charge in [0.15, 0.2) is 17.9 Å². The van der Waals surface area contributed by atoms with Crippen LogP contribution in [0.4, 0.5) is 0 Å². The maximum Gasteiger partial charge on any atom is 0.164 e. The maximum atomic E-state index is 10.8. The molecule has 0 atom stereocenters. The van der Waals surface area contributed by atoms with Crippen molar-refractivity contribution < 1.29 is 9.53 Å². The number of aldehydes is 1. The molecule has 2 aromatic rings. The van der Waals surface area contributed by atoms with Crippen molar-refractivity contribution in [1.29, 1.82) is 0 Å². The molecule has 5 nitrogen and oxygen atoms in total. The predicted octanol–water partition coefficient (Wildman–Crippen LogP) is 1.09. The molecule has 0 bridgehead atoms. The molecule has 76 valence electrons. The van der Waals surface area contributed by atoms with Gasteiger partial charge in [-0.3, -0.25) is 4.79 Å². The molecule has 0 unspecified atom stereocenters. The first-order chi connectivity index (χ1) is 7.35. The van der Waals surface area contributed by atoms with E-state index in [4.69, 9.17) is 4.74 Å². The van der Waals surface area contributed by atoms with E-state index in [2.05, 4.69) is 10.1 Å². The van der Waals surface area contributed by atoms with Crippen LogP contribution in [0.3, 0.4) is 0 Å². The SMILES string of the molecule is COc1cnn(-c2ncccc2C=O)c1. The van der Waals surface area contributed by atoms with Crippen LogP contribution in [0.5, 0.6) is 5.75 Å². The van der Waals surface area contributed by atoms with E-state index in [1.807, 2.05) is 0 Å². The number of pyridine rings is 1. The molecular formula is C10H9N3O2. The topological polar surface area (TPSA) is 57.0 Å². The molecule has 2 aromatic heterocycles. The van der Waals surface area contributed by atoms with Gasteiger partial charge >= 0.3 is 0 Å². The van der Waals surface area contributed by atoms with Gasteiger partial charge in [-0.1, -0.05) is 0 Å². The Hall–Kier alpha value is -2.17. The van der Waals surface area contributed by atoms with Crippen LogP contribution < -0.4 is 4.74 Å². The number of hydrogen-bond donors (Lipinski definition) is 0. The summed E-state index contributed by atoms with van der Waals surface area (Å²) in [6.07, 6.45) is 5.57. The summed E-state index contributed by atoms with van der Waals surface area (Å²) in [4.78, 5) is 14.8. The monoisotopic (exact) mass is 203 g/mol. The predicted molar refractivity (Wildman–Crippen MR) is 53.3 cm³/mol. The molecule has 0 aromatic carbocycles. The number of carbonyl (C=O) groups is 1. The summed E-state index contributed by atoms with van der Waals surface area (Å²) in [5.41, 5.74) is 0.489. The average Bonchev–Trinajstić information content (AvgIpc) is 2.77. The van der Waals surface area contributed by atoms with Crippen LogP contribution in [-0.2, 0) is 0 Å². The smallest absolute Gasteiger partial charge is 0.164 e. The standard InChI is InChI=1S/C10H9N3O2/c1-15-9-5-12-13(6-9)10-8(7-14)3-2-4-11-10/h2-7H,1H3. The fourth-order valence-electron chi connectivity index (χ4n) is 1.22. The fourth-order valence-corrected chi connectivity index (χ4v) is 1.22. The molecule has 0 aliphatic heterocycles. The Bertz CT molecular complexity index is 479. The van der Waals surface area contributed by atoms with Crippen LogP contribution in [0.2, 0.25) is 0 Å². The van der Waals surface area contributed by atoms with Crippen LogP contribution in [0.25, 0.3) is 5.82 Å². The third-order valence-electron chi connectivity index (χ3n) is 1.96. The lowest BCUT2D eigenvalue weighted by Gasteiger charge is -2.01. The zero-order valence-corrected chi connectivity index (χ0v) is 8.12. The molecule has 2 rings (SSSR count). The highest BCUT2D eigenvalue weighted by atomic mass is 16.5. The highest BCUT2D eigenvalue weighted by Crippen LogP contribution is 2.13. The number of carbonyl (C=O) groups excluding carboxylic acids is 1. The van der Waals surface area contributed by atoms with Gasteiger partial charge < -0.3 is 4.74 Å². The summed E-state index contributed by atoms with van der Waals surface area (Å²) >= 11 is 0. The third-order valence-corrected chi connectivity index (χ3v) is 1.96. The molecule has 0 N–H and O–H groups in total. The molecule has 0 spiro atoms. The molecule has 0 amide bonds. The summed E-state index contributed by atoms with van der Waals surface area (Å²) in [5.74, 6) is 1.12. The molecule has 0 fully saturated rings. The second-order valence-electron chi connectivity index (χ2n) is 2.86. The zero-order chi connectivity index (χ0) is 10.7. The summed E-state index contributed by atoms with van der Waals surface area (Å²) in [5, 5.41) is 4.04. The van der Waals surface area contributed by atoms with E-state index in [9.17, 15) is 4.79 Å². The summed E-state index contributed by atoms with van der Waals surface area (Å²) in [6.45, 7) is 0. The molecule has 0 aliphatic rings. The van der Waals surface area contributed by atoms with Crippen LogP contribution >= 0.6 is 0 Å². The van der Waals surface area contributed by atoms with Gasteiger partial charge in [-0.15, -0.1) is 0 Å². The first-order valence-corrected chi connectivity index (χ1v) is 4.34. The minimum Gasteiger partial charge on any atom is -0.493 e. The van der Waals surface area contributed by atoms with E-state index in [0.29, 0.717) is 17.1 Å². The largest absolute Gasteiger partial charge is 0.493 e. The molecule has 0 radical (unpaired) electrons. The van der Waals surface area contributed by atoms with Gasteiger partial charge in [-0.05, 0) is 12.1 Å². The van der Waals surface area contributed by atoms with Crippen molar-refractivity contribution in [2.75, 3.05) is 7.11 Å². The minimum atomic E-state index is 0.489. The Kier molecular flexibility index (Phi) is 2.45. The van der Waals surface area contributed by atoms with E-state index in [1.165, 1.54) is 4.68 Å². The van der Waals surface area contributed by atoms with Gasteiger partial charge in [-0.2, -0.15) is 5.10 Å². The molecule has 5 heteroatoms. The number of aromatic nitrogens is 3. The van der Waals surface area contributed by atoms with E-state index in [0.717, 1.165) is 6.29 Å². The molecule has 0 saturated heterocycles. The number of nitrogens with zero attached hydrogens (tertiary/aromatic N) is 3. The molecule has 2 heterocycles. The Labute approximate surface area is 86.3 Å². The molecule has 0 saturated carbocycles. The number of hydrogen-bond acceptors (Lipinski definition) is 4. The average molecular weight is 203 g/mol. The highest BCUT2D eigenvalue weighted by Gasteiger charge is 2.06. The van der Waals surface area contributed by atoms with Gasteiger partial charge in [0.25, 0.3) is 0 Å². The highest BCUT2D eigenvalue weighted by molar-refractivity contribution is 5.79. The van der Waals surface area contributed by atoms with E-state index >= 15 is 0 Å². The zero-order valence-electron chi connectivity index (χ0n) is 8.12.